The van der Waals surface area contributed by atoms with Gasteiger partial charge in [0.1, 0.15) is 5.82 Å². The molecule has 1 aromatic rings. The minimum Gasteiger partial charge on any atom is -0.465 e. The molecule has 0 aliphatic carbocycles. The summed E-state index contributed by atoms with van der Waals surface area (Å²) in [5.41, 5.74) is 0. The van der Waals surface area contributed by atoms with E-state index < -0.39 is 6.09 Å². The van der Waals surface area contributed by atoms with Crippen molar-refractivity contribution in [1.82, 2.24) is 9.88 Å². The third kappa shape index (κ3) is 2.44. The van der Waals surface area contributed by atoms with Gasteiger partial charge in [0, 0.05) is 31.9 Å². The number of carbonyl (C=O) groups is 1. The van der Waals surface area contributed by atoms with Crippen LogP contribution in [0.4, 0.5) is 10.6 Å². The van der Waals surface area contributed by atoms with Gasteiger partial charge in [-0.1, -0.05) is 11.6 Å². The lowest BCUT2D eigenvalue weighted by Crippen LogP contribution is -2.54. The van der Waals surface area contributed by atoms with E-state index in [1.807, 2.05) is 11.8 Å². The molecule has 1 fully saturated rings. The summed E-state index contributed by atoms with van der Waals surface area (Å²) < 4.78 is 0. The first-order chi connectivity index (χ1) is 8.09. The van der Waals surface area contributed by atoms with Gasteiger partial charge in [-0.25, -0.2) is 9.78 Å². The van der Waals surface area contributed by atoms with E-state index in [2.05, 4.69) is 4.98 Å². The fraction of sp³-hybridized carbons (Fsp3) is 0.455. The van der Waals surface area contributed by atoms with Crippen molar-refractivity contribution >= 4 is 23.5 Å². The fourth-order valence-corrected chi connectivity index (χ4v) is 2.29. The number of piperazine rings is 1. The Balaban J connectivity index is 2.12. The second kappa shape index (κ2) is 4.79. The Morgan fingerprint density at radius 3 is 2.94 bits per heavy atom. The van der Waals surface area contributed by atoms with E-state index in [1.165, 1.54) is 4.90 Å². The van der Waals surface area contributed by atoms with Crippen molar-refractivity contribution in [2.24, 2.45) is 0 Å². The van der Waals surface area contributed by atoms with Crippen molar-refractivity contribution in [2.45, 2.75) is 13.0 Å². The number of hydrogen-bond acceptors (Lipinski definition) is 3. The molecule has 0 radical (unpaired) electrons. The lowest BCUT2D eigenvalue weighted by atomic mass is 10.2. The molecule has 5 nitrogen and oxygen atoms in total. The number of nitrogens with zero attached hydrogens (tertiary/aromatic N) is 3. The van der Waals surface area contributed by atoms with Crippen LogP contribution in [0.15, 0.2) is 18.3 Å². The van der Waals surface area contributed by atoms with E-state index in [0.717, 1.165) is 5.82 Å². The molecule has 1 atom stereocenters. The predicted molar refractivity (Wildman–Crippen MR) is 65.7 cm³/mol. The van der Waals surface area contributed by atoms with Crippen molar-refractivity contribution in [1.29, 1.82) is 0 Å². The van der Waals surface area contributed by atoms with Crippen molar-refractivity contribution in [3.05, 3.63) is 23.4 Å². The summed E-state index contributed by atoms with van der Waals surface area (Å²) in [5.74, 6) is 0.728. The lowest BCUT2D eigenvalue weighted by molar-refractivity contribution is 0.122. The van der Waals surface area contributed by atoms with Crippen LogP contribution < -0.4 is 4.90 Å². The smallest absolute Gasteiger partial charge is 0.407 e. The van der Waals surface area contributed by atoms with Gasteiger partial charge in [0.15, 0.2) is 0 Å². The maximum Gasteiger partial charge on any atom is 0.407 e. The van der Waals surface area contributed by atoms with Crippen molar-refractivity contribution in [2.75, 3.05) is 24.5 Å². The Bertz CT molecular complexity index is 427. The highest BCUT2D eigenvalue weighted by Crippen LogP contribution is 2.24. The zero-order valence-corrected chi connectivity index (χ0v) is 10.3. The first-order valence-corrected chi connectivity index (χ1v) is 5.82. The molecule has 0 spiro atoms. The van der Waals surface area contributed by atoms with Crippen LogP contribution in [0.1, 0.15) is 6.92 Å². The Morgan fingerprint density at radius 1 is 1.59 bits per heavy atom. The molecule has 1 aromatic heterocycles. The molecule has 0 bridgehead atoms. The Labute approximate surface area is 105 Å². The van der Waals surface area contributed by atoms with Crippen LogP contribution in [0.5, 0.6) is 0 Å². The second-order valence-corrected chi connectivity index (χ2v) is 4.49. The zero-order valence-electron chi connectivity index (χ0n) is 9.51. The highest BCUT2D eigenvalue weighted by molar-refractivity contribution is 6.32. The molecular weight excluding hydrogens is 242 g/mol. The third-order valence-electron chi connectivity index (χ3n) is 2.91. The molecular formula is C11H14ClN3O2. The molecule has 1 unspecified atom stereocenters. The Morgan fingerprint density at radius 2 is 2.35 bits per heavy atom. The molecule has 17 heavy (non-hydrogen) atoms. The van der Waals surface area contributed by atoms with E-state index in [0.29, 0.717) is 24.7 Å². The van der Waals surface area contributed by atoms with Crippen LogP contribution in [0.3, 0.4) is 0 Å². The van der Waals surface area contributed by atoms with E-state index in [-0.39, 0.29) is 6.04 Å². The second-order valence-electron chi connectivity index (χ2n) is 4.08. The molecule has 2 heterocycles. The summed E-state index contributed by atoms with van der Waals surface area (Å²) >= 11 is 6.07. The summed E-state index contributed by atoms with van der Waals surface area (Å²) in [6.07, 6.45) is 0.819. The average Bonchev–Trinajstić information content (AvgIpc) is 2.29. The van der Waals surface area contributed by atoms with Crippen LogP contribution in [0.25, 0.3) is 0 Å². The van der Waals surface area contributed by atoms with Crippen LogP contribution in [0, 0.1) is 0 Å². The van der Waals surface area contributed by atoms with E-state index >= 15 is 0 Å². The first kappa shape index (κ1) is 12.0. The van der Waals surface area contributed by atoms with Crippen molar-refractivity contribution < 1.29 is 9.90 Å². The van der Waals surface area contributed by atoms with Gasteiger partial charge in [-0.05, 0) is 19.1 Å². The standard InChI is InChI=1S/C11H14ClN3O2/c1-8-7-14(5-6-15(8)11(16)17)10-9(12)3-2-4-13-10/h2-4,8H,5-7H2,1H3,(H,16,17). The molecule has 0 saturated carbocycles. The van der Waals surface area contributed by atoms with Crippen LogP contribution in [-0.2, 0) is 0 Å². The lowest BCUT2D eigenvalue weighted by Gasteiger charge is -2.39. The van der Waals surface area contributed by atoms with Crippen molar-refractivity contribution in [3.63, 3.8) is 0 Å². The molecule has 1 saturated heterocycles. The molecule has 1 aliphatic heterocycles. The van der Waals surface area contributed by atoms with Crippen molar-refractivity contribution in [3.8, 4) is 0 Å². The molecule has 1 N–H and O–H groups in total. The molecule has 92 valence electrons. The topological polar surface area (TPSA) is 56.7 Å². The molecule has 0 aromatic carbocycles. The van der Waals surface area contributed by atoms with Gasteiger partial charge in [0.05, 0.1) is 5.02 Å². The van der Waals surface area contributed by atoms with Crippen LogP contribution in [0.2, 0.25) is 5.02 Å². The van der Waals surface area contributed by atoms with Crippen LogP contribution in [-0.4, -0.2) is 46.8 Å². The third-order valence-corrected chi connectivity index (χ3v) is 3.21. The minimum absolute atomic E-state index is 0.0562. The largest absolute Gasteiger partial charge is 0.465 e. The molecule has 1 aliphatic rings. The average molecular weight is 256 g/mol. The summed E-state index contributed by atoms with van der Waals surface area (Å²) in [4.78, 5) is 18.6. The summed E-state index contributed by atoms with van der Waals surface area (Å²) in [5, 5.41) is 9.59. The number of anilines is 1. The quantitative estimate of drug-likeness (QED) is 0.833. The van der Waals surface area contributed by atoms with E-state index in [1.54, 1.807) is 18.3 Å². The van der Waals surface area contributed by atoms with E-state index in [4.69, 9.17) is 16.7 Å². The monoisotopic (exact) mass is 255 g/mol. The van der Waals surface area contributed by atoms with Gasteiger partial charge < -0.3 is 14.9 Å². The Kier molecular flexibility index (Phi) is 3.38. The highest BCUT2D eigenvalue weighted by Gasteiger charge is 2.28. The minimum atomic E-state index is -0.871. The number of carboxylic acid groups (broad SMARTS) is 1. The summed E-state index contributed by atoms with van der Waals surface area (Å²) in [6.45, 7) is 3.59. The van der Waals surface area contributed by atoms with Gasteiger partial charge in [-0.15, -0.1) is 0 Å². The maximum atomic E-state index is 10.9. The fourth-order valence-electron chi connectivity index (χ4n) is 2.04. The van der Waals surface area contributed by atoms with Gasteiger partial charge in [0.2, 0.25) is 0 Å². The molecule has 2 rings (SSSR count). The predicted octanol–water partition coefficient (Wildman–Crippen LogP) is 1.92. The Hall–Kier alpha value is -1.49. The summed E-state index contributed by atoms with van der Waals surface area (Å²) in [6, 6.07) is 3.51. The van der Waals surface area contributed by atoms with Gasteiger partial charge in [-0.3, -0.25) is 0 Å². The number of amides is 1. The normalized spacial score (nSPS) is 20.5. The zero-order chi connectivity index (χ0) is 12.4. The number of aromatic nitrogens is 1. The highest BCUT2D eigenvalue weighted by atomic mass is 35.5. The SMILES string of the molecule is CC1CN(c2ncccc2Cl)CCN1C(=O)O. The van der Waals surface area contributed by atoms with E-state index in [9.17, 15) is 4.79 Å². The maximum absolute atomic E-state index is 10.9. The van der Waals surface area contributed by atoms with Gasteiger partial charge >= 0.3 is 6.09 Å². The first-order valence-electron chi connectivity index (χ1n) is 5.44. The molecule has 1 amide bonds. The number of pyridine rings is 1. The number of rotatable bonds is 1. The number of hydrogen-bond donors (Lipinski definition) is 1. The summed E-state index contributed by atoms with van der Waals surface area (Å²) in [7, 11) is 0. The van der Waals surface area contributed by atoms with Crippen LogP contribution >= 0.6 is 11.6 Å². The van der Waals surface area contributed by atoms with Gasteiger partial charge in [-0.2, -0.15) is 0 Å². The number of halogens is 1. The van der Waals surface area contributed by atoms with Gasteiger partial charge in [0.25, 0.3) is 0 Å². The molecule has 6 heteroatoms.